The molecule has 0 bridgehead atoms. The summed E-state index contributed by atoms with van der Waals surface area (Å²) >= 11 is 5.98. The molecule has 0 aliphatic rings. The zero-order valence-electron chi connectivity index (χ0n) is 10.2. The van der Waals surface area contributed by atoms with Crippen molar-refractivity contribution < 1.29 is 0 Å². The molecule has 2 aromatic heterocycles. The number of halogens is 1. The van der Waals surface area contributed by atoms with Crippen LogP contribution in [0.25, 0.3) is 11.4 Å². The van der Waals surface area contributed by atoms with Gasteiger partial charge in [-0.3, -0.25) is 4.98 Å². The van der Waals surface area contributed by atoms with Crippen molar-refractivity contribution in [3.8, 4) is 11.4 Å². The fourth-order valence-electron chi connectivity index (χ4n) is 1.99. The van der Waals surface area contributed by atoms with Crippen LogP contribution in [0.4, 0.5) is 0 Å². The van der Waals surface area contributed by atoms with Crippen LogP contribution < -0.4 is 0 Å². The number of hydrogen-bond acceptors (Lipinski definition) is 2. The van der Waals surface area contributed by atoms with Gasteiger partial charge in [0, 0.05) is 29.2 Å². The summed E-state index contributed by atoms with van der Waals surface area (Å²) in [5, 5.41) is 0.700. The van der Waals surface area contributed by atoms with E-state index in [1.165, 1.54) is 0 Å². The Morgan fingerprint density at radius 2 is 1.84 bits per heavy atom. The fraction of sp³-hybridized carbons (Fsp3) is 0.0667. The van der Waals surface area contributed by atoms with E-state index in [1.54, 1.807) is 18.5 Å². The van der Waals surface area contributed by atoms with Gasteiger partial charge in [-0.25, -0.2) is 4.98 Å². The van der Waals surface area contributed by atoms with Crippen molar-refractivity contribution in [3.05, 3.63) is 71.8 Å². The van der Waals surface area contributed by atoms with Crippen LogP contribution in [0.3, 0.4) is 0 Å². The van der Waals surface area contributed by atoms with Gasteiger partial charge in [0.25, 0.3) is 0 Å². The summed E-state index contributed by atoms with van der Waals surface area (Å²) in [7, 11) is 0. The van der Waals surface area contributed by atoms with Gasteiger partial charge in [-0.1, -0.05) is 41.9 Å². The van der Waals surface area contributed by atoms with E-state index < -0.39 is 0 Å². The molecule has 0 fully saturated rings. The number of benzene rings is 1. The van der Waals surface area contributed by atoms with Crippen molar-refractivity contribution in [2.45, 2.75) is 6.54 Å². The fourth-order valence-corrected chi connectivity index (χ4v) is 2.18. The van der Waals surface area contributed by atoms with Crippen molar-refractivity contribution in [2.24, 2.45) is 0 Å². The first-order valence-corrected chi connectivity index (χ1v) is 6.38. The van der Waals surface area contributed by atoms with Crippen LogP contribution in [0.5, 0.6) is 0 Å². The standard InChI is InChI=1S/C15H12ClN3/c16-13-6-7-17-14(10-13)11-19-9-8-18-15(19)12-4-2-1-3-5-12/h1-10H,11H2. The topological polar surface area (TPSA) is 30.7 Å². The maximum Gasteiger partial charge on any atom is 0.140 e. The van der Waals surface area contributed by atoms with Gasteiger partial charge >= 0.3 is 0 Å². The van der Waals surface area contributed by atoms with E-state index in [9.17, 15) is 0 Å². The second-order valence-electron chi connectivity index (χ2n) is 4.21. The Bertz CT molecular complexity index is 677. The van der Waals surface area contributed by atoms with Gasteiger partial charge < -0.3 is 4.57 Å². The molecule has 3 rings (SSSR count). The minimum Gasteiger partial charge on any atom is -0.325 e. The van der Waals surface area contributed by atoms with Gasteiger partial charge in [-0.05, 0) is 12.1 Å². The van der Waals surface area contributed by atoms with Crippen LogP contribution in [0, 0.1) is 0 Å². The highest BCUT2D eigenvalue weighted by atomic mass is 35.5. The minimum atomic E-state index is 0.658. The average molecular weight is 270 g/mol. The van der Waals surface area contributed by atoms with E-state index in [2.05, 4.69) is 14.5 Å². The first-order valence-electron chi connectivity index (χ1n) is 6.00. The minimum absolute atomic E-state index is 0.658. The van der Waals surface area contributed by atoms with Crippen molar-refractivity contribution in [2.75, 3.05) is 0 Å². The van der Waals surface area contributed by atoms with Gasteiger partial charge in [0.2, 0.25) is 0 Å². The monoisotopic (exact) mass is 269 g/mol. The highest BCUT2D eigenvalue weighted by Crippen LogP contribution is 2.18. The molecule has 0 unspecified atom stereocenters. The van der Waals surface area contributed by atoms with Crippen LogP contribution in [0.15, 0.2) is 61.1 Å². The molecule has 94 valence electrons. The molecule has 0 saturated heterocycles. The highest BCUT2D eigenvalue weighted by molar-refractivity contribution is 6.30. The number of aromatic nitrogens is 3. The first kappa shape index (κ1) is 11.9. The predicted octanol–water partition coefficient (Wildman–Crippen LogP) is 3.65. The van der Waals surface area contributed by atoms with Gasteiger partial charge in [-0.15, -0.1) is 0 Å². The molecule has 3 nitrogen and oxygen atoms in total. The predicted molar refractivity (Wildman–Crippen MR) is 76.0 cm³/mol. The molecule has 0 aliphatic heterocycles. The van der Waals surface area contributed by atoms with Crippen molar-refractivity contribution >= 4 is 11.6 Å². The van der Waals surface area contributed by atoms with Crippen LogP contribution in [-0.4, -0.2) is 14.5 Å². The molecule has 0 N–H and O–H groups in total. The summed E-state index contributed by atoms with van der Waals surface area (Å²) in [6, 6.07) is 13.7. The van der Waals surface area contributed by atoms with E-state index in [0.29, 0.717) is 11.6 Å². The third kappa shape index (κ3) is 2.66. The summed E-state index contributed by atoms with van der Waals surface area (Å²) in [5.41, 5.74) is 2.01. The number of pyridine rings is 1. The maximum atomic E-state index is 5.98. The quantitative estimate of drug-likeness (QED) is 0.727. The lowest BCUT2D eigenvalue weighted by Gasteiger charge is -2.07. The number of imidazole rings is 1. The van der Waals surface area contributed by atoms with Gasteiger partial charge in [0.15, 0.2) is 0 Å². The molecule has 0 aliphatic carbocycles. The molecule has 0 radical (unpaired) electrons. The SMILES string of the molecule is Clc1ccnc(Cn2ccnc2-c2ccccc2)c1. The largest absolute Gasteiger partial charge is 0.325 e. The first-order chi connectivity index (χ1) is 9.33. The van der Waals surface area contributed by atoms with E-state index in [0.717, 1.165) is 17.1 Å². The van der Waals surface area contributed by atoms with Crippen LogP contribution in [0.2, 0.25) is 5.02 Å². The van der Waals surface area contributed by atoms with Crippen LogP contribution >= 0.6 is 11.6 Å². The Labute approximate surface area is 116 Å². The van der Waals surface area contributed by atoms with Crippen molar-refractivity contribution in [1.82, 2.24) is 14.5 Å². The zero-order valence-corrected chi connectivity index (χ0v) is 11.0. The van der Waals surface area contributed by atoms with Crippen molar-refractivity contribution in [3.63, 3.8) is 0 Å². The second kappa shape index (κ2) is 5.24. The molecule has 0 atom stereocenters. The molecular formula is C15H12ClN3. The molecule has 19 heavy (non-hydrogen) atoms. The van der Waals surface area contributed by atoms with Gasteiger partial charge in [0.05, 0.1) is 12.2 Å². The van der Waals surface area contributed by atoms with E-state index in [1.807, 2.05) is 42.6 Å². The Morgan fingerprint density at radius 3 is 2.63 bits per heavy atom. The number of hydrogen-bond donors (Lipinski definition) is 0. The van der Waals surface area contributed by atoms with Crippen LogP contribution in [-0.2, 0) is 6.54 Å². The van der Waals surface area contributed by atoms with Gasteiger partial charge in [-0.2, -0.15) is 0 Å². The molecular weight excluding hydrogens is 258 g/mol. The molecule has 0 amide bonds. The lowest BCUT2D eigenvalue weighted by molar-refractivity contribution is 0.782. The summed E-state index contributed by atoms with van der Waals surface area (Å²) in [4.78, 5) is 8.72. The van der Waals surface area contributed by atoms with E-state index in [4.69, 9.17) is 11.6 Å². The molecule has 1 aromatic carbocycles. The summed E-state index contributed by atoms with van der Waals surface area (Å²) < 4.78 is 2.06. The van der Waals surface area contributed by atoms with E-state index >= 15 is 0 Å². The zero-order chi connectivity index (χ0) is 13.1. The molecule has 0 saturated carbocycles. The Morgan fingerprint density at radius 1 is 1.00 bits per heavy atom. The molecule has 3 aromatic rings. The highest BCUT2D eigenvalue weighted by Gasteiger charge is 2.06. The smallest absolute Gasteiger partial charge is 0.140 e. The maximum absolute atomic E-state index is 5.98. The average Bonchev–Trinajstić information content (AvgIpc) is 2.88. The third-order valence-corrected chi connectivity index (χ3v) is 3.09. The lowest BCUT2D eigenvalue weighted by atomic mass is 10.2. The van der Waals surface area contributed by atoms with E-state index in [-0.39, 0.29) is 0 Å². The molecule has 2 heterocycles. The number of rotatable bonds is 3. The summed E-state index contributed by atoms with van der Waals surface area (Å²) in [6.45, 7) is 0.658. The normalized spacial score (nSPS) is 10.6. The second-order valence-corrected chi connectivity index (χ2v) is 4.65. The third-order valence-electron chi connectivity index (χ3n) is 2.86. The lowest BCUT2D eigenvalue weighted by Crippen LogP contribution is -2.02. The summed E-state index contributed by atoms with van der Waals surface area (Å²) in [6.07, 6.45) is 5.47. The van der Waals surface area contributed by atoms with Crippen LogP contribution in [0.1, 0.15) is 5.69 Å². The molecule has 4 heteroatoms. The molecule has 0 spiro atoms. The Balaban J connectivity index is 1.93. The number of nitrogens with zero attached hydrogens (tertiary/aromatic N) is 3. The van der Waals surface area contributed by atoms with Crippen molar-refractivity contribution in [1.29, 1.82) is 0 Å². The Kier molecular flexibility index (Phi) is 3.29. The summed E-state index contributed by atoms with van der Waals surface area (Å²) in [5.74, 6) is 0.933. The van der Waals surface area contributed by atoms with Gasteiger partial charge in [0.1, 0.15) is 5.82 Å². The Hall–Kier alpha value is -2.13.